The van der Waals surface area contributed by atoms with Gasteiger partial charge < -0.3 is 10.1 Å². The predicted octanol–water partition coefficient (Wildman–Crippen LogP) is 1.21. The Labute approximate surface area is 79.1 Å². The number of pyridine rings is 1. The molecule has 0 spiro atoms. The lowest BCUT2D eigenvalue weighted by atomic mass is 10.2. The lowest BCUT2D eigenvalue weighted by molar-refractivity contribution is 0.171. The van der Waals surface area contributed by atoms with Crippen molar-refractivity contribution in [3.05, 3.63) is 30.1 Å². The number of ether oxygens (including phenoxy) is 1. The van der Waals surface area contributed by atoms with E-state index in [0.29, 0.717) is 6.04 Å². The van der Waals surface area contributed by atoms with Crippen molar-refractivity contribution >= 4 is 0 Å². The Bertz CT molecular complexity index is 226. The van der Waals surface area contributed by atoms with Crippen molar-refractivity contribution < 1.29 is 4.74 Å². The van der Waals surface area contributed by atoms with Gasteiger partial charge in [0.05, 0.1) is 6.61 Å². The van der Waals surface area contributed by atoms with Gasteiger partial charge in [0.25, 0.3) is 0 Å². The molecule has 72 valence electrons. The van der Waals surface area contributed by atoms with Gasteiger partial charge in [-0.25, -0.2) is 0 Å². The standard InChI is InChI=1S/C10H16N2O/c1-9(8-13-2)12-7-10-3-5-11-6-4-10/h3-6,9,12H,7-8H2,1-2H3/t9-/m0/s1. The van der Waals surface area contributed by atoms with E-state index in [0.717, 1.165) is 13.2 Å². The normalized spacial score (nSPS) is 12.8. The third-order valence-corrected chi connectivity index (χ3v) is 1.82. The maximum atomic E-state index is 5.02. The number of hydrogen-bond acceptors (Lipinski definition) is 3. The second kappa shape index (κ2) is 5.67. The van der Waals surface area contributed by atoms with Crippen LogP contribution in [0.25, 0.3) is 0 Å². The fourth-order valence-electron chi connectivity index (χ4n) is 1.10. The van der Waals surface area contributed by atoms with E-state index in [1.165, 1.54) is 5.56 Å². The zero-order chi connectivity index (χ0) is 9.52. The molecule has 0 aromatic carbocycles. The molecule has 3 heteroatoms. The molecule has 0 saturated carbocycles. The summed E-state index contributed by atoms with van der Waals surface area (Å²) >= 11 is 0. The van der Waals surface area contributed by atoms with Gasteiger partial charge in [-0.05, 0) is 24.6 Å². The molecule has 3 nitrogen and oxygen atoms in total. The van der Waals surface area contributed by atoms with Crippen molar-refractivity contribution in [1.29, 1.82) is 0 Å². The third kappa shape index (κ3) is 4.01. The van der Waals surface area contributed by atoms with Crippen molar-refractivity contribution in [3.8, 4) is 0 Å². The highest BCUT2D eigenvalue weighted by Crippen LogP contribution is 1.95. The first-order valence-corrected chi connectivity index (χ1v) is 4.44. The van der Waals surface area contributed by atoms with Crippen LogP contribution in [0.15, 0.2) is 24.5 Å². The first-order valence-electron chi connectivity index (χ1n) is 4.44. The molecule has 1 atom stereocenters. The van der Waals surface area contributed by atoms with Crippen molar-refractivity contribution in [3.63, 3.8) is 0 Å². The summed E-state index contributed by atoms with van der Waals surface area (Å²) in [5, 5.41) is 3.35. The van der Waals surface area contributed by atoms with Gasteiger partial charge in [-0.3, -0.25) is 4.98 Å². The molecule has 0 saturated heterocycles. The molecule has 1 N–H and O–H groups in total. The van der Waals surface area contributed by atoms with Gasteiger partial charge in [-0.2, -0.15) is 0 Å². The Balaban J connectivity index is 2.27. The van der Waals surface area contributed by atoms with E-state index in [1.807, 2.05) is 12.1 Å². The quantitative estimate of drug-likeness (QED) is 0.739. The van der Waals surface area contributed by atoms with E-state index < -0.39 is 0 Å². The number of rotatable bonds is 5. The van der Waals surface area contributed by atoms with Gasteiger partial charge in [0.2, 0.25) is 0 Å². The maximum Gasteiger partial charge on any atom is 0.0613 e. The van der Waals surface area contributed by atoms with Crippen LogP contribution < -0.4 is 5.32 Å². The summed E-state index contributed by atoms with van der Waals surface area (Å²) in [6.07, 6.45) is 3.61. The Hall–Kier alpha value is -0.930. The molecule has 0 unspecified atom stereocenters. The number of nitrogens with zero attached hydrogens (tertiary/aromatic N) is 1. The maximum absolute atomic E-state index is 5.02. The van der Waals surface area contributed by atoms with E-state index in [9.17, 15) is 0 Å². The molecule has 0 aliphatic heterocycles. The number of methoxy groups -OCH3 is 1. The zero-order valence-corrected chi connectivity index (χ0v) is 8.16. The summed E-state index contributed by atoms with van der Waals surface area (Å²) in [7, 11) is 1.71. The molecule has 0 fully saturated rings. The van der Waals surface area contributed by atoms with Crippen molar-refractivity contribution in [1.82, 2.24) is 10.3 Å². The minimum Gasteiger partial charge on any atom is -0.383 e. The zero-order valence-electron chi connectivity index (χ0n) is 8.16. The summed E-state index contributed by atoms with van der Waals surface area (Å²) in [5.41, 5.74) is 1.25. The molecule has 1 aromatic rings. The molecule has 0 aliphatic rings. The summed E-state index contributed by atoms with van der Waals surface area (Å²) < 4.78 is 5.02. The minimum absolute atomic E-state index is 0.387. The second-order valence-corrected chi connectivity index (χ2v) is 3.09. The predicted molar refractivity (Wildman–Crippen MR) is 52.4 cm³/mol. The average Bonchev–Trinajstić information content (AvgIpc) is 2.17. The highest BCUT2D eigenvalue weighted by molar-refractivity contribution is 5.09. The first kappa shape index (κ1) is 10.2. The average molecular weight is 180 g/mol. The van der Waals surface area contributed by atoms with Crippen LogP contribution in [0.3, 0.4) is 0 Å². The fourth-order valence-corrected chi connectivity index (χ4v) is 1.10. The van der Waals surface area contributed by atoms with E-state index in [1.54, 1.807) is 19.5 Å². The Morgan fingerprint density at radius 1 is 1.46 bits per heavy atom. The van der Waals surface area contributed by atoms with Crippen LogP contribution in [-0.4, -0.2) is 24.7 Å². The van der Waals surface area contributed by atoms with E-state index in [2.05, 4.69) is 17.2 Å². The Morgan fingerprint density at radius 3 is 2.77 bits per heavy atom. The summed E-state index contributed by atoms with van der Waals surface area (Å²) in [5.74, 6) is 0. The van der Waals surface area contributed by atoms with Crippen LogP contribution in [0.5, 0.6) is 0 Å². The van der Waals surface area contributed by atoms with Crippen LogP contribution >= 0.6 is 0 Å². The van der Waals surface area contributed by atoms with Gasteiger partial charge in [0.1, 0.15) is 0 Å². The van der Waals surface area contributed by atoms with Gasteiger partial charge >= 0.3 is 0 Å². The molecular weight excluding hydrogens is 164 g/mol. The largest absolute Gasteiger partial charge is 0.383 e. The molecule has 0 bridgehead atoms. The lowest BCUT2D eigenvalue weighted by Gasteiger charge is -2.12. The van der Waals surface area contributed by atoms with E-state index in [-0.39, 0.29) is 0 Å². The van der Waals surface area contributed by atoms with Crippen LogP contribution in [0, 0.1) is 0 Å². The molecule has 0 aliphatic carbocycles. The van der Waals surface area contributed by atoms with Crippen LogP contribution in [0.4, 0.5) is 0 Å². The molecule has 1 heterocycles. The third-order valence-electron chi connectivity index (χ3n) is 1.82. The van der Waals surface area contributed by atoms with Crippen LogP contribution in [-0.2, 0) is 11.3 Å². The molecule has 13 heavy (non-hydrogen) atoms. The summed E-state index contributed by atoms with van der Waals surface area (Å²) in [4.78, 5) is 3.96. The number of aromatic nitrogens is 1. The Kier molecular flexibility index (Phi) is 4.43. The molecular formula is C10H16N2O. The van der Waals surface area contributed by atoms with Gasteiger partial charge in [0.15, 0.2) is 0 Å². The summed E-state index contributed by atoms with van der Waals surface area (Å²) in [6, 6.07) is 4.40. The molecule has 1 rings (SSSR count). The second-order valence-electron chi connectivity index (χ2n) is 3.09. The van der Waals surface area contributed by atoms with Crippen LogP contribution in [0.1, 0.15) is 12.5 Å². The van der Waals surface area contributed by atoms with Crippen molar-refractivity contribution in [2.75, 3.05) is 13.7 Å². The fraction of sp³-hybridized carbons (Fsp3) is 0.500. The highest BCUT2D eigenvalue weighted by atomic mass is 16.5. The van der Waals surface area contributed by atoms with E-state index in [4.69, 9.17) is 4.74 Å². The lowest BCUT2D eigenvalue weighted by Crippen LogP contribution is -2.29. The van der Waals surface area contributed by atoms with Gasteiger partial charge in [-0.1, -0.05) is 0 Å². The smallest absolute Gasteiger partial charge is 0.0613 e. The van der Waals surface area contributed by atoms with Gasteiger partial charge in [0, 0.05) is 32.1 Å². The number of nitrogens with one attached hydrogen (secondary N) is 1. The first-order chi connectivity index (χ1) is 6.33. The minimum atomic E-state index is 0.387. The highest BCUT2D eigenvalue weighted by Gasteiger charge is 1.99. The molecule has 0 amide bonds. The molecule has 0 radical (unpaired) electrons. The Morgan fingerprint density at radius 2 is 2.15 bits per heavy atom. The van der Waals surface area contributed by atoms with Crippen molar-refractivity contribution in [2.24, 2.45) is 0 Å². The SMILES string of the molecule is COC[C@H](C)NCc1ccncc1. The monoisotopic (exact) mass is 180 g/mol. The van der Waals surface area contributed by atoms with Crippen molar-refractivity contribution in [2.45, 2.75) is 19.5 Å². The van der Waals surface area contributed by atoms with E-state index >= 15 is 0 Å². The number of hydrogen-bond donors (Lipinski definition) is 1. The topological polar surface area (TPSA) is 34.1 Å². The summed E-state index contributed by atoms with van der Waals surface area (Å²) in [6.45, 7) is 3.71. The molecule has 1 aromatic heterocycles. The van der Waals surface area contributed by atoms with Crippen LogP contribution in [0.2, 0.25) is 0 Å². The van der Waals surface area contributed by atoms with Gasteiger partial charge in [-0.15, -0.1) is 0 Å².